The highest BCUT2D eigenvalue weighted by Crippen LogP contribution is 2.10. The van der Waals surface area contributed by atoms with E-state index >= 15 is 0 Å². The molecule has 0 bridgehead atoms. The molecule has 0 radical (unpaired) electrons. The van der Waals surface area contributed by atoms with E-state index in [4.69, 9.17) is 0 Å². The molecule has 0 heterocycles. The van der Waals surface area contributed by atoms with Crippen molar-refractivity contribution in [2.75, 3.05) is 6.54 Å². The molecule has 0 fully saturated rings. The minimum atomic E-state index is -0.513. The first-order valence-corrected chi connectivity index (χ1v) is 4.43. The Bertz CT molecular complexity index is 209. The molecule has 0 aliphatic carbocycles. The molecule has 0 saturated carbocycles. The number of ketones is 1. The predicted octanol–water partition coefficient (Wildman–Crippen LogP) is 1.15. The summed E-state index contributed by atoms with van der Waals surface area (Å²) in [7, 11) is 0. The standard InChI is InChI=1S/C10H17NO2/c1-5-6-11-10(13)9(12)8(4)7(2)3/h5,7-8H,1,6H2,2-4H3,(H,11,13). The van der Waals surface area contributed by atoms with Crippen LogP contribution in [0.1, 0.15) is 20.8 Å². The maximum atomic E-state index is 11.3. The summed E-state index contributed by atoms with van der Waals surface area (Å²) in [6.07, 6.45) is 1.55. The van der Waals surface area contributed by atoms with Crippen LogP contribution < -0.4 is 5.32 Å². The van der Waals surface area contributed by atoms with Gasteiger partial charge in [-0.1, -0.05) is 26.8 Å². The van der Waals surface area contributed by atoms with E-state index in [2.05, 4.69) is 11.9 Å². The molecule has 0 spiro atoms. The van der Waals surface area contributed by atoms with Crippen molar-refractivity contribution < 1.29 is 9.59 Å². The zero-order chi connectivity index (χ0) is 10.4. The second-order valence-electron chi connectivity index (χ2n) is 3.40. The summed E-state index contributed by atoms with van der Waals surface area (Å²) in [5.41, 5.74) is 0. The van der Waals surface area contributed by atoms with Gasteiger partial charge in [0.2, 0.25) is 5.78 Å². The molecule has 0 aliphatic rings. The van der Waals surface area contributed by atoms with Crippen LogP contribution in [0.5, 0.6) is 0 Å². The van der Waals surface area contributed by atoms with Crippen LogP contribution in [0.25, 0.3) is 0 Å². The largest absolute Gasteiger partial charge is 0.346 e. The fourth-order valence-corrected chi connectivity index (χ4v) is 0.762. The molecule has 3 nitrogen and oxygen atoms in total. The second kappa shape index (κ2) is 5.51. The van der Waals surface area contributed by atoms with Crippen LogP contribution in [0, 0.1) is 11.8 Å². The third kappa shape index (κ3) is 3.87. The molecular weight excluding hydrogens is 166 g/mol. The number of amides is 1. The Morgan fingerprint density at radius 1 is 1.38 bits per heavy atom. The molecule has 3 heteroatoms. The van der Waals surface area contributed by atoms with E-state index < -0.39 is 5.91 Å². The maximum Gasteiger partial charge on any atom is 0.287 e. The van der Waals surface area contributed by atoms with Crippen molar-refractivity contribution in [3.8, 4) is 0 Å². The molecule has 0 aliphatic heterocycles. The molecule has 0 aromatic heterocycles. The number of Topliss-reactive ketones (excluding diaryl/α,β-unsaturated/α-hetero) is 1. The van der Waals surface area contributed by atoms with E-state index in [1.165, 1.54) is 0 Å². The lowest BCUT2D eigenvalue weighted by atomic mass is 9.93. The third-order valence-corrected chi connectivity index (χ3v) is 2.04. The van der Waals surface area contributed by atoms with Crippen LogP contribution in [-0.2, 0) is 9.59 Å². The SMILES string of the molecule is C=CCNC(=O)C(=O)C(C)C(C)C. The summed E-state index contributed by atoms with van der Waals surface area (Å²) in [6, 6.07) is 0. The van der Waals surface area contributed by atoms with E-state index in [1.807, 2.05) is 13.8 Å². The van der Waals surface area contributed by atoms with Crippen LogP contribution in [0.4, 0.5) is 0 Å². The van der Waals surface area contributed by atoms with Gasteiger partial charge in [0.15, 0.2) is 0 Å². The predicted molar refractivity (Wildman–Crippen MR) is 52.2 cm³/mol. The van der Waals surface area contributed by atoms with E-state index in [-0.39, 0.29) is 17.6 Å². The van der Waals surface area contributed by atoms with E-state index in [1.54, 1.807) is 13.0 Å². The highest BCUT2D eigenvalue weighted by molar-refractivity contribution is 6.36. The second-order valence-corrected chi connectivity index (χ2v) is 3.40. The van der Waals surface area contributed by atoms with Gasteiger partial charge in [0.1, 0.15) is 0 Å². The van der Waals surface area contributed by atoms with Gasteiger partial charge >= 0.3 is 0 Å². The quantitative estimate of drug-likeness (QED) is 0.513. The van der Waals surface area contributed by atoms with Gasteiger partial charge in [0.05, 0.1) is 0 Å². The van der Waals surface area contributed by atoms with Crippen molar-refractivity contribution in [2.45, 2.75) is 20.8 Å². The first-order chi connectivity index (χ1) is 6.00. The molecule has 0 rings (SSSR count). The number of nitrogens with one attached hydrogen (secondary N) is 1. The van der Waals surface area contributed by atoms with Gasteiger partial charge in [-0.25, -0.2) is 0 Å². The van der Waals surface area contributed by atoms with Crippen LogP contribution in [0.3, 0.4) is 0 Å². The van der Waals surface area contributed by atoms with Gasteiger partial charge in [0.25, 0.3) is 5.91 Å². The Kier molecular flexibility index (Phi) is 5.04. The van der Waals surface area contributed by atoms with Crippen molar-refractivity contribution in [3.05, 3.63) is 12.7 Å². The lowest BCUT2D eigenvalue weighted by Gasteiger charge is -2.12. The summed E-state index contributed by atoms with van der Waals surface area (Å²) in [5.74, 6) is -0.884. The average Bonchev–Trinajstić information content (AvgIpc) is 2.11. The summed E-state index contributed by atoms with van der Waals surface area (Å²) in [5, 5.41) is 2.46. The Morgan fingerprint density at radius 3 is 2.31 bits per heavy atom. The summed E-state index contributed by atoms with van der Waals surface area (Å²) >= 11 is 0. The minimum absolute atomic E-state index is 0.196. The molecule has 0 aromatic rings. The van der Waals surface area contributed by atoms with E-state index in [0.717, 1.165) is 0 Å². The van der Waals surface area contributed by atoms with Crippen molar-refractivity contribution in [1.29, 1.82) is 0 Å². The lowest BCUT2D eigenvalue weighted by Crippen LogP contribution is -2.36. The number of rotatable bonds is 5. The van der Waals surface area contributed by atoms with E-state index in [0.29, 0.717) is 6.54 Å². The van der Waals surface area contributed by atoms with Crippen molar-refractivity contribution in [3.63, 3.8) is 0 Å². The number of hydrogen-bond acceptors (Lipinski definition) is 2. The molecule has 0 aromatic carbocycles. The van der Waals surface area contributed by atoms with Crippen LogP contribution in [0.15, 0.2) is 12.7 Å². The van der Waals surface area contributed by atoms with Gasteiger partial charge < -0.3 is 5.32 Å². The zero-order valence-corrected chi connectivity index (χ0v) is 8.46. The molecule has 1 atom stereocenters. The van der Waals surface area contributed by atoms with Gasteiger partial charge in [-0.2, -0.15) is 0 Å². The molecule has 74 valence electrons. The topological polar surface area (TPSA) is 46.2 Å². The Morgan fingerprint density at radius 2 is 1.92 bits per heavy atom. The fraction of sp³-hybridized carbons (Fsp3) is 0.600. The lowest BCUT2D eigenvalue weighted by molar-refractivity contribution is -0.140. The van der Waals surface area contributed by atoms with Gasteiger partial charge in [-0.15, -0.1) is 6.58 Å². The minimum Gasteiger partial charge on any atom is -0.346 e. The molecular formula is C10H17NO2. The highest BCUT2D eigenvalue weighted by atomic mass is 16.2. The van der Waals surface area contributed by atoms with Crippen LogP contribution in [-0.4, -0.2) is 18.2 Å². The molecule has 1 unspecified atom stereocenters. The normalized spacial score (nSPS) is 12.3. The van der Waals surface area contributed by atoms with Crippen LogP contribution in [0.2, 0.25) is 0 Å². The number of hydrogen-bond donors (Lipinski definition) is 1. The Hall–Kier alpha value is -1.12. The molecule has 0 saturated heterocycles. The summed E-state index contributed by atoms with van der Waals surface area (Å²) in [6.45, 7) is 9.39. The summed E-state index contributed by atoms with van der Waals surface area (Å²) < 4.78 is 0. The van der Waals surface area contributed by atoms with Gasteiger partial charge in [0, 0.05) is 12.5 Å². The zero-order valence-electron chi connectivity index (χ0n) is 8.46. The van der Waals surface area contributed by atoms with Gasteiger partial charge in [-0.05, 0) is 5.92 Å². The third-order valence-electron chi connectivity index (χ3n) is 2.04. The van der Waals surface area contributed by atoms with Crippen molar-refractivity contribution in [2.24, 2.45) is 11.8 Å². The van der Waals surface area contributed by atoms with Gasteiger partial charge in [-0.3, -0.25) is 9.59 Å². The first kappa shape index (κ1) is 11.9. The summed E-state index contributed by atoms with van der Waals surface area (Å²) in [4.78, 5) is 22.5. The van der Waals surface area contributed by atoms with Crippen molar-refractivity contribution in [1.82, 2.24) is 5.32 Å². The van der Waals surface area contributed by atoms with E-state index in [9.17, 15) is 9.59 Å². The monoisotopic (exact) mass is 183 g/mol. The average molecular weight is 183 g/mol. The Labute approximate surface area is 79.2 Å². The number of carbonyl (C=O) groups is 2. The fourth-order valence-electron chi connectivity index (χ4n) is 0.762. The number of carbonyl (C=O) groups excluding carboxylic acids is 2. The molecule has 1 N–H and O–H groups in total. The maximum absolute atomic E-state index is 11.3. The first-order valence-electron chi connectivity index (χ1n) is 4.43. The molecule has 1 amide bonds. The van der Waals surface area contributed by atoms with Crippen LogP contribution >= 0.6 is 0 Å². The highest BCUT2D eigenvalue weighted by Gasteiger charge is 2.22. The Balaban J connectivity index is 4.09. The smallest absolute Gasteiger partial charge is 0.287 e. The molecule has 13 heavy (non-hydrogen) atoms. The van der Waals surface area contributed by atoms with Crippen molar-refractivity contribution >= 4 is 11.7 Å².